The Morgan fingerprint density at radius 2 is 2.07 bits per heavy atom. The van der Waals surface area contributed by atoms with Crippen molar-refractivity contribution in [1.82, 2.24) is 5.32 Å². The van der Waals surface area contributed by atoms with E-state index in [4.69, 9.17) is 4.74 Å². The van der Waals surface area contributed by atoms with Crippen molar-refractivity contribution < 1.29 is 14.3 Å². The average Bonchev–Trinajstić information content (AvgIpc) is 2.03. The number of likely N-dealkylation sites (N-methyl/N-ethyl adjacent to an activating group) is 1. The van der Waals surface area contributed by atoms with Crippen molar-refractivity contribution >= 4 is 22.4 Å². The lowest BCUT2D eigenvalue weighted by Gasteiger charge is -2.39. The molecule has 0 saturated carbocycles. The second kappa shape index (κ2) is 6.45. The SMILES string of the molecule is CC(C)(C)OC=O.CNC1(CBr)COC1. The predicted molar refractivity (Wildman–Crippen MR) is 63.3 cm³/mol. The highest BCUT2D eigenvalue weighted by molar-refractivity contribution is 9.09. The molecule has 0 aromatic carbocycles. The minimum absolute atomic E-state index is 0.250. The van der Waals surface area contributed by atoms with Crippen molar-refractivity contribution in [2.45, 2.75) is 31.9 Å². The average molecular weight is 282 g/mol. The summed E-state index contributed by atoms with van der Waals surface area (Å²) >= 11 is 3.40. The van der Waals surface area contributed by atoms with Crippen LogP contribution in [0.4, 0.5) is 0 Å². The van der Waals surface area contributed by atoms with Gasteiger partial charge in [0, 0.05) is 5.33 Å². The number of nitrogens with one attached hydrogen (secondary N) is 1. The third-order valence-electron chi connectivity index (χ3n) is 1.94. The molecule has 0 unspecified atom stereocenters. The van der Waals surface area contributed by atoms with Gasteiger partial charge in [-0.3, -0.25) is 4.79 Å². The van der Waals surface area contributed by atoms with Gasteiger partial charge in [0.05, 0.1) is 18.8 Å². The number of ether oxygens (including phenoxy) is 2. The molecule has 0 aromatic rings. The molecule has 15 heavy (non-hydrogen) atoms. The molecule has 1 saturated heterocycles. The largest absolute Gasteiger partial charge is 0.462 e. The lowest BCUT2D eigenvalue weighted by atomic mass is 10.0. The van der Waals surface area contributed by atoms with Gasteiger partial charge in [0.2, 0.25) is 0 Å². The number of carbonyl (C=O) groups excluding carboxylic acids is 1. The molecule has 1 heterocycles. The topological polar surface area (TPSA) is 47.6 Å². The van der Waals surface area contributed by atoms with Crippen LogP contribution in [0.25, 0.3) is 0 Å². The Kier molecular flexibility index (Phi) is 6.40. The number of rotatable bonds is 3. The Labute approximate surface area is 99.8 Å². The van der Waals surface area contributed by atoms with Crippen molar-refractivity contribution in [3.63, 3.8) is 0 Å². The lowest BCUT2D eigenvalue weighted by molar-refractivity contribution is -0.138. The van der Waals surface area contributed by atoms with Gasteiger partial charge in [-0.15, -0.1) is 0 Å². The van der Waals surface area contributed by atoms with E-state index < -0.39 is 0 Å². The van der Waals surface area contributed by atoms with Crippen LogP contribution >= 0.6 is 15.9 Å². The summed E-state index contributed by atoms with van der Waals surface area (Å²) in [6.45, 7) is 7.60. The van der Waals surface area contributed by atoms with Crippen LogP contribution in [0, 0.1) is 0 Å². The number of hydrogen-bond donors (Lipinski definition) is 1. The fraction of sp³-hybridized carbons (Fsp3) is 0.900. The molecule has 1 fully saturated rings. The molecule has 0 amide bonds. The Hall–Kier alpha value is -0.130. The maximum Gasteiger partial charge on any atom is 0.293 e. The summed E-state index contributed by atoms with van der Waals surface area (Å²) in [5.41, 5.74) is -0.0677. The molecule has 1 rings (SSSR count). The van der Waals surface area contributed by atoms with E-state index in [1.807, 2.05) is 27.8 Å². The van der Waals surface area contributed by atoms with Gasteiger partial charge in [0.25, 0.3) is 6.47 Å². The molecular formula is C10H20BrNO3. The standard InChI is InChI=1S/C5H10BrNO.C5H10O2/c1-7-5(2-6)3-8-4-5;1-5(2,3)7-4-6/h7H,2-4H2,1H3;4H,1-3H3. The number of hydrogen-bond acceptors (Lipinski definition) is 4. The first-order valence-corrected chi connectivity index (χ1v) is 5.95. The molecule has 90 valence electrons. The summed E-state index contributed by atoms with van der Waals surface area (Å²) in [6.07, 6.45) is 0. The zero-order chi connectivity index (χ0) is 11.9. The van der Waals surface area contributed by atoms with Gasteiger partial charge in [0.1, 0.15) is 5.60 Å². The minimum Gasteiger partial charge on any atom is -0.462 e. The van der Waals surface area contributed by atoms with E-state index in [1.165, 1.54) is 0 Å². The van der Waals surface area contributed by atoms with Gasteiger partial charge < -0.3 is 14.8 Å². The molecule has 0 radical (unpaired) electrons. The summed E-state index contributed by atoms with van der Waals surface area (Å²) in [4.78, 5) is 9.60. The van der Waals surface area contributed by atoms with Crippen LogP contribution in [0.3, 0.4) is 0 Å². The van der Waals surface area contributed by atoms with E-state index >= 15 is 0 Å². The fourth-order valence-corrected chi connectivity index (χ4v) is 1.39. The minimum atomic E-state index is -0.318. The van der Waals surface area contributed by atoms with E-state index in [0.29, 0.717) is 6.47 Å². The predicted octanol–water partition coefficient (Wildman–Crippen LogP) is 1.33. The van der Waals surface area contributed by atoms with Gasteiger partial charge in [-0.05, 0) is 27.8 Å². The summed E-state index contributed by atoms with van der Waals surface area (Å²) in [6, 6.07) is 0. The molecule has 0 atom stereocenters. The van der Waals surface area contributed by atoms with Crippen molar-refractivity contribution in [1.29, 1.82) is 0 Å². The molecular weight excluding hydrogens is 262 g/mol. The smallest absolute Gasteiger partial charge is 0.293 e. The highest BCUT2D eigenvalue weighted by atomic mass is 79.9. The van der Waals surface area contributed by atoms with Crippen LogP contribution in [0.15, 0.2) is 0 Å². The maximum atomic E-state index is 9.60. The first-order valence-electron chi connectivity index (χ1n) is 4.83. The third kappa shape index (κ3) is 6.12. The van der Waals surface area contributed by atoms with Crippen LogP contribution in [0.1, 0.15) is 20.8 Å². The lowest BCUT2D eigenvalue weighted by Crippen LogP contribution is -2.60. The number of halogens is 1. The van der Waals surface area contributed by atoms with Crippen LogP contribution in [-0.2, 0) is 14.3 Å². The quantitative estimate of drug-likeness (QED) is 0.626. The Morgan fingerprint density at radius 3 is 2.07 bits per heavy atom. The summed E-state index contributed by atoms with van der Waals surface area (Å²) < 4.78 is 9.58. The Morgan fingerprint density at radius 1 is 1.53 bits per heavy atom. The van der Waals surface area contributed by atoms with Crippen molar-refractivity contribution in [2.75, 3.05) is 25.6 Å². The molecule has 1 aliphatic heterocycles. The van der Waals surface area contributed by atoms with E-state index in [9.17, 15) is 4.79 Å². The normalized spacial score (nSPS) is 18.2. The first-order chi connectivity index (χ1) is 6.89. The number of carbonyl (C=O) groups is 1. The van der Waals surface area contributed by atoms with Gasteiger partial charge in [-0.25, -0.2) is 0 Å². The molecule has 0 aliphatic carbocycles. The molecule has 4 nitrogen and oxygen atoms in total. The molecule has 5 heteroatoms. The Balaban J connectivity index is 0.000000265. The monoisotopic (exact) mass is 281 g/mol. The van der Waals surface area contributed by atoms with Crippen molar-refractivity contribution in [3.8, 4) is 0 Å². The zero-order valence-corrected chi connectivity index (χ0v) is 11.4. The summed E-state index contributed by atoms with van der Waals surface area (Å²) in [7, 11) is 1.96. The third-order valence-corrected chi connectivity index (χ3v) is 3.02. The summed E-state index contributed by atoms with van der Waals surface area (Å²) in [5.74, 6) is 0. The summed E-state index contributed by atoms with van der Waals surface area (Å²) in [5, 5.41) is 4.18. The fourth-order valence-electron chi connectivity index (χ4n) is 0.781. The van der Waals surface area contributed by atoms with E-state index in [2.05, 4.69) is 26.0 Å². The molecule has 1 aliphatic rings. The Bertz CT molecular complexity index is 174. The highest BCUT2D eigenvalue weighted by Gasteiger charge is 2.35. The van der Waals surface area contributed by atoms with Gasteiger partial charge in [0.15, 0.2) is 0 Å². The van der Waals surface area contributed by atoms with Crippen molar-refractivity contribution in [2.24, 2.45) is 0 Å². The molecule has 1 N–H and O–H groups in total. The molecule has 0 bridgehead atoms. The highest BCUT2D eigenvalue weighted by Crippen LogP contribution is 2.17. The van der Waals surface area contributed by atoms with Gasteiger partial charge in [-0.2, -0.15) is 0 Å². The van der Waals surface area contributed by atoms with E-state index in [0.717, 1.165) is 18.5 Å². The second-order valence-electron chi connectivity index (χ2n) is 4.48. The van der Waals surface area contributed by atoms with Gasteiger partial charge >= 0.3 is 0 Å². The van der Waals surface area contributed by atoms with Crippen LogP contribution in [-0.4, -0.2) is 43.2 Å². The zero-order valence-electron chi connectivity index (χ0n) is 9.80. The van der Waals surface area contributed by atoms with E-state index in [-0.39, 0.29) is 11.1 Å². The van der Waals surface area contributed by atoms with Crippen LogP contribution in [0.2, 0.25) is 0 Å². The van der Waals surface area contributed by atoms with Gasteiger partial charge in [-0.1, -0.05) is 15.9 Å². The van der Waals surface area contributed by atoms with Crippen LogP contribution in [0.5, 0.6) is 0 Å². The number of alkyl halides is 1. The van der Waals surface area contributed by atoms with Crippen molar-refractivity contribution in [3.05, 3.63) is 0 Å². The van der Waals surface area contributed by atoms with E-state index in [1.54, 1.807) is 0 Å². The molecule has 0 aromatic heterocycles. The second-order valence-corrected chi connectivity index (χ2v) is 5.04. The maximum absolute atomic E-state index is 9.60. The first kappa shape index (κ1) is 14.9. The van der Waals surface area contributed by atoms with Crippen LogP contribution < -0.4 is 5.32 Å². The molecule has 0 spiro atoms.